The van der Waals surface area contributed by atoms with Crippen LogP contribution in [0.4, 0.5) is 4.39 Å². The van der Waals surface area contributed by atoms with E-state index in [-0.39, 0.29) is 18.0 Å². The van der Waals surface area contributed by atoms with Crippen LogP contribution >= 0.6 is 0 Å². The van der Waals surface area contributed by atoms with Crippen LogP contribution in [0.2, 0.25) is 0 Å². The summed E-state index contributed by atoms with van der Waals surface area (Å²) in [5, 5.41) is 3.34. The minimum Gasteiger partial charge on any atom is -0.400 e. The summed E-state index contributed by atoms with van der Waals surface area (Å²) in [6, 6.07) is 0.133. The van der Waals surface area contributed by atoms with Gasteiger partial charge in [0, 0.05) is 50.4 Å². The predicted octanol–water partition coefficient (Wildman–Crippen LogP) is 1.35. The van der Waals surface area contributed by atoms with Gasteiger partial charge in [0.1, 0.15) is 0 Å². The van der Waals surface area contributed by atoms with Crippen LogP contribution in [0.5, 0.6) is 0 Å². The monoisotopic (exact) mass is 336 g/mol. The number of piperazine rings is 1. The molecule has 3 heterocycles. The number of nitrogens with zero attached hydrogens (tertiary/aromatic N) is 2. The van der Waals surface area contributed by atoms with E-state index in [1.165, 1.54) is 12.8 Å². The van der Waals surface area contributed by atoms with Gasteiger partial charge in [0.25, 0.3) is 0 Å². The number of piperidine rings is 1. The molecule has 0 aromatic heterocycles. The first-order valence-electron chi connectivity index (χ1n) is 9.55. The Hall–Kier alpha value is -1.30. The van der Waals surface area contributed by atoms with Crippen molar-refractivity contribution in [1.82, 2.24) is 15.1 Å². The molecule has 1 saturated carbocycles. The van der Waals surface area contributed by atoms with Gasteiger partial charge in [0.2, 0.25) is 5.91 Å². The number of nitrogens with one attached hydrogen (secondary N) is 1. The van der Waals surface area contributed by atoms with Gasteiger partial charge in [-0.25, -0.2) is 4.39 Å². The molecule has 0 aromatic carbocycles. The van der Waals surface area contributed by atoms with Crippen LogP contribution < -0.4 is 11.1 Å². The highest BCUT2D eigenvalue weighted by molar-refractivity contribution is 5.77. The van der Waals surface area contributed by atoms with E-state index < -0.39 is 6.17 Å². The Bertz CT molecular complexity index is 531. The molecule has 3 unspecified atom stereocenters. The highest BCUT2D eigenvalue weighted by atomic mass is 19.1. The number of alkyl halides is 1. The van der Waals surface area contributed by atoms with Gasteiger partial charge in [0.05, 0.1) is 5.70 Å². The Morgan fingerprint density at radius 1 is 1.12 bits per heavy atom. The lowest BCUT2D eigenvalue weighted by Gasteiger charge is -2.48. The molecule has 0 spiro atoms. The molecule has 0 radical (unpaired) electrons. The molecule has 24 heavy (non-hydrogen) atoms. The number of nitrogens with two attached hydrogens (primary N) is 1. The van der Waals surface area contributed by atoms with Crippen LogP contribution in [0.3, 0.4) is 0 Å². The lowest BCUT2D eigenvalue weighted by Crippen LogP contribution is -2.60. The van der Waals surface area contributed by atoms with E-state index in [0.717, 1.165) is 32.2 Å². The smallest absolute Gasteiger partial charge is 0.222 e. The molecule has 3 atom stereocenters. The van der Waals surface area contributed by atoms with Crippen molar-refractivity contribution in [3.05, 3.63) is 11.4 Å². The molecule has 1 aliphatic carbocycles. The average molecular weight is 336 g/mol. The van der Waals surface area contributed by atoms with Crippen LogP contribution in [0, 0.1) is 5.92 Å². The number of carbonyl (C=O) groups excluding carboxylic acids is 1. The van der Waals surface area contributed by atoms with Crippen LogP contribution in [0.1, 0.15) is 44.9 Å². The number of rotatable bonds is 2. The zero-order valence-electron chi connectivity index (χ0n) is 14.3. The zero-order valence-corrected chi connectivity index (χ0v) is 14.3. The van der Waals surface area contributed by atoms with E-state index in [1.807, 2.05) is 4.90 Å². The van der Waals surface area contributed by atoms with Crippen molar-refractivity contribution in [1.29, 1.82) is 0 Å². The van der Waals surface area contributed by atoms with Gasteiger partial charge in [0.15, 0.2) is 6.17 Å². The second kappa shape index (κ2) is 6.54. The summed E-state index contributed by atoms with van der Waals surface area (Å²) in [6.07, 6.45) is 6.30. The van der Waals surface area contributed by atoms with E-state index in [1.54, 1.807) is 0 Å². The first-order valence-corrected chi connectivity index (χ1v) is 9.55. The van der Waals surface area contributed by atoms with E-state index in [9.17, 15) is 4.79 Å². The summed E-state index contributed by atoms with van der Waals surface area (Å²) in [7, 11) is 0. The molecule has 0 aromatic rings. The van der Waals surface area contributed by atoms with Gasteiger partial charge in [-0.1, -0.05) is 12.8 Å². The standard InChI is InChI=1S/C18H29FN4O/c19-16-17(12-4-1-2-5-12)21-10-14(20)18(16)22-8-9-23-13(11-22)6-3-7-15(23)24/h12-13,16-17,21H,1-11,20H2. The first kappa shape index (κ1) is 16.2. The third-order valence-electron chi connectivity index (χ3n) is 6.41. The largest absolute Gasteiger partial charge is 0.400 e. The summed E-state index contributed by atoms with van der Waals surface area (Å²) < 4.78 is 15.4. The van der Waals surface area contributed by atoms with E-state index >= 15 is 4.39 Å². The van der Waals surface area contributed by atoms with Crippen molar-refractivity contribution in [2.45, 2.75) is 63.2 Å². The van der Waals surface area contributed by atoms with Gasteiger partial charge >= 0.3 is 0 Å². The van der Waals surface area contributed by atoms with Crippen LogP contribution in [-0.2, 0) is 4.79 Å². The van der Waals surface area contributed by atoms with Gasteiger partial charge < -0.3 is 20.9 Å². The van der Waals surface area contributed by atoms with Gasteiger partial charge in [-0.05, 0) is 31.6 Å². The molecule has 5 nitrogen and oxygen atoms in total. The summed E-state index contributed by atoms with van der Waals surface area (Å²) >= 11 is 0. The van der Waals surface area contributed by atoms with Crippen molar-refractivity contribution >= 4 is 5.91 Å². The minimum absolute atomic E-state index is 0.0965. The zero-order chi connectivity index (χ0) is 16.7. The van der Waals surface area contributed by atoms with Gasteiger partial charge in [-0.3, -0.25) is 4.79 Å². The molecule has 4 aliphatic rings. The third-order valence-corrected chi connectivity index (χ3v) is 6.41. The Morgan fingerprint density at radius 2 is 1.92 bits per heavy atom. The van der Waals surface area contributed by atoms with E-state index in [0.29, 0.717) is 43.4 Å². The number of carbonyl (C=O) groups is 1. The number of hydrogen-bond donors (Lipinski definition) is 2. The molecule has 3 N–H and O–H groups in total. The van der Waals surface area contributed by atoms with Gasteiger partial charge in [-0.15, -0.1) is 0 Å². The topological polar surface area (TPSA) is 61.6 Å². The molecule has 134 valence electrons. The van der Waals surface area contributed by atoms with Crippen molar-refractivity contribution in [2.75, 3.05) is 26.2 Å². The van der Waals surface area contributed by atoms with E-state index in [2.05, 4.69) is 10.2 Å². The van der Waals surface area contributed by atoms with Crippen molar-refractivity contribution in [3.8, 4) is 0 Å². The minimum atomic E-state index is -1.02. The molecule has 0 bridgehead atoms. The Labute approximate surface area is 143 Å². The summed E-state index contributed by atoms with van der Waals surface area (Å²) in [5.41, 5.74) is 7.57. The molecule has 3 fully saturated rings. The Balaban J connectivity index is 1.50. The average Bonchev–Trinajstić information content (AvgIpc) is 3.09. The summed E-state index contributed by atoms with van der Waals surface area (Å²) in [6.45, 7) is 2.73. The Morgan fingerprint density at radius 3 is 2.71 bits per heavy atom. The highest BCUT2D eigenvalue weighted by Crippen LogP contribution is 2.35. The molecular formula is C18H29FN4O. The predicted molar refractivity (Wildman–Crippen MR) is 90.8 cm³/mol. The fourth-order valence-corrected chi connectivity index (χ4v) is 5.15. The third kappa shape index (κ3) is 2.79. The Kier molecular flexibility index (Phi) is 4.41. The molecule has 6 heteroatoms. The summed E-state index contributed by atoms with van der Waals surface area (Å²) in [5.74, 6) is 0.694. The fourth-order valence-electron chi connectivity index (χ4n) is 5.15. The fraction of sp³-hybridized carbons (Fsp3) is 0.833. The molecule has 1 amide bonds. The maximum absolute atomic E-state index is 15.4. The van der Waals surface area contributed by atoms with Crippen molar-refractivity contribution < 1.29 is 9.18 Å². The van der Waals surface area contributed by atoms with Crippen LogP contribution in [0.25, 0.3) is 0 Å². The van der Waals surface area contributed by atoms with E-state index in [4.69, 9.17) is 5.73 Å². The maximum Gasteiger partial charge on any atom is 0.222 e. The van der Waals surface area contributed by atoms with Crippen LogP contribution in [0.15, 0.2) is 11.4 Å². The molecule has 3 aliphatic heterocycles. The molecule has 2 saturated heterocycles. The lowest BCUT2D eigenvalue weighted by atomic mass is 9.88. The number of hydrogen-bond acceptors (Lipinski definition) is 4. The second-order valence-corrected chi connectivity index (χ2v) is 7.84. The summed E-state index contributed by atoms with van der Waals surface area (Å²) in [4.78, 5) is 16.2. The molecular weight excluding hydrogens is 307 g/mol. The lowest BCUT2D eigenvalue weighted by molar-refractivity contribution is -0.139. The van der Waals surface area contributed by atoms with Crippen molar-refractivity contribution in [3.63, 3.8) is 0 Å². The molecule has 4 rings (SSSR count). The quantitative estimate of drug-likeness (QED) is 0.799. The first-order chi connectivity index (χ1) is 11.6. The second-order valence-electron chi connectivity index (χ2n) is 7.84. The van der Waals surface area contributed by atoms with Crippen LogP contribution in [-0.4, -0.2) is 60.1 Å². The highest BCUT2D eigenvalue weighted by Gasteiger charge is 2.42. The number of amides is 1. The number of halogens is 1. The SMILES string of the molecule is NC1=C(N2CCN3C(=O)CCCC3C2)C(F)C(C2CCCC2)NC1. The maximum atomic E-state index is 15.4. The number of fused-ring (bicyclic) bond motifs is 1. The normalized spacial score (nSPS) is 35.5. The van der Waals surface area contributed by atoms with Gasteiger partial charge in [-0.2, -0.15) is 0 Å². The van der Waals surface area contributed by atoms with Crippen molar-refractivity contribution in [2.24, 2.45) is 11.7 Å².